The summed E-state index contributed by atoms with van der Waals surface area (Å²) in [5.74, 6) is -0.309. The summed E-state index contributed by atoms with van der Waals surface area (Å²) in [7, 11) is -6.90. The molecule has 0 aliphatic heterocycles. The van der Waals surface area contributed by atoms with Crippen molar-refractivity contribution in [1.82, 2.24) is 0 Å². The van der Waals surface area contributed by atoms with Gasteiger partial charge in [0.05, 0.1) is 45.4 Å². The molecule has 0 saturated heterocycles. The Morgan fingerprint density at radius 2 is 1.14 bits per heavy atom. The third-order valence-electron chi connectivity index (χ3n) is 5.40. The molecule has 0 aliphatic carbocycles. The van der Waals surface area contributed by atoms with Crippen molar-refractivity contribution in [3.05, 3.63) is 71.8 Å². The Kier molecular flexibility index (Phi) is 12.7. The first-order chi connectivity index (χ1) is 17.3. The molecule has 2 aromatic rings. The van der Waals surface area contributed by atoms with Crippen LogP contribution in [0.5, 0.6) is 0 Å². The molecule has 1 unspecified atom stereocenters. The lowest BCUT2D eigenvalue weighted by Gasteiger charge is -2.34. The molecule has 0 N–H and O–H groups in total. The van der Waals surface area contributed by atoms with Crippen LogP contribution < -0.4 is 0 Å². The quantitative estimate of drug-likeness (QED) is 0.152. The number of hydrogen-bond acceptors (Lipinski definition) is 8. The van der Waals surface area contributed by atoms with E-state index in [2.05, 4.69) is 0 Å². The minimum atomic E-state index is -3.49. The second-order valence-electron chi connectivity index (χ2n) is 7.83. The number of ketones is 1. The Labute approximate surface area is 214 Å². The molecule has 8 nitrogen and oxygen atoms in total. The highest BCUT2D eigenvalue weighted by atomic mass is 31.2. The number of Topliss-reactive ketones (excluding diaryl/α,β-unsaturated/α-hetero) is 1. The molecule has 1 atom stereocenters. The number of benzene rings is 2. The van der Waals surface area contributed by atoms with Crippen LogP contribution in [0.15, 0.2) is 60.7 Å². The molecule has 36 heavy (non-hydrogen) atoms. The minimum absolute atomic E-state index is 0.0234. The van der Waals surface area contributed by atoms with Crippen molar-refractivity contribution >= 4 is 21.0 Å². The molecule has 200 valence electrons. The number of hydrogen-bond donors (Lipinski definition) is 0. The molecular weight excluding hydrogens is 502 g/mol. The van der Waals surface area contributed by atoms with E-state index in [4.69, 9.17) is 22.8 Å². The van der Waals surface area contributed by atoms with Crippen LogP contribution in [0.4, 0.5) is 0 Å². The average Bonchev–Trinajstić information content (AvgIpc) is 2.87. The van der Waals surface area contributed by atoms with Crippen molar-refractivity contribution in [3.63, 3.8) is 0 Å². The highest BCUT2D eigenvalue weighted by Crippen LogP contribution is 2.52. The first-order valence-electron chi connectivity index (χ1n) is 12.3. The van der Waals surface area contributed by atoms with Crippen molar-refractivity contribution in [2.75, 3.05) is 45.4 Å². The fourth-order valence-electron chi connectivity index (χ4n) is 3.89. The van der Waals surface area contributed by atoms with Crippen LogP contribution in [0.25, 0.3) is 0 Å². The summed E-state index contributed by atoms with van der Waals surface area (Å²) in [5, 5.41) is 0. The maximum absolute atomic E-state index is 14.1. The van der Waals surface area contributed by atoms with Crippen LogP contribution in [0.3, 0.4) is 0 Å². The molecule has 0 bridgehead atoms. The highest BCUT2D eigenvalue weighted by molar-refractivity contribution is 7.54. The lowest BCUT2D eigenvalue weighted by atomic mass is 9.83. The van der Waals surface area contributed by atoms with Gasteiger partial charge >= 0.3 is 15.2 Å². The predicted octanol–water partition coefficient (Wildman–Crippen LogP) is 6.70. The maximum Gasteiger partial charge on any atom is 0.332 e. The number of carbonyl (C=O) groups excluding carboxylic acids is 1. The lowest BCUT2D eigenvalue weighted by Crippen LogP contribution is -2.41. The molecule has 0 heterocycles. The summed E-state index contributed by atoms with van der Waals surface area (Å²) in [4.78, 5) is 14.1. The monoisotopic (exact) mass is 540 g/mol. The summed E-state index contributed by atoms with van der Waals surface area (Å²) in [6.45, 7) is 7.70. The number of rotatable bonds is 18. The third kappa shape index (κ3) is 8.46. The zero-order chi connectivity index (χ0) is 26.5. The first-order valence-corrected chi connectivity index (χ1v) is 15.8. The van der Waals surface area contributed by atoms with Crippen molar-refractivity contribution in [3.8, 4) is 0 Å². The molecule has 2 aromatic carbocycles. The van der Waals surface area contributed by atoms with Crippen molar-refractivity contribution < 1.29 is 36.8 Å². The summed E-state index contributed by atoms with van der Waals surface area (Å²) in [6.07, 6.45) is -0.0633. The van der Waals surface area contributed by atoms with Crippen LogP contribution >= 0.6 is 15.2 Å². The molecule has 2 rings (SSSR count). The summed E-state index contributed by atoms with van der Waals surface area (Å²) in [6, 6.07) is 17.8. The van der Waals surface area contributed by atoms with Gasteiger partial charge in [0.25, 0.3) is 0 Å². The van der Waals surface area contributed by atoms with E-state index in [0.29, 0.717) is 11.1 Å². The zero-order valence-corrected chi connectivity index (χ0v) is 23.4. The van der Waals surface area contributed by atoms with Crippen LogP contribution in [0.2, 0.25) is 0 Å². The Bertz CT molecular complexity index is 995. The van der Waals surface area contributed by atoms with Crippen LogP contribution in [0, 0.1) is 0 Å². The lowest BCUT2D eigenvalue weighted by molar-refractivity contribution is -0.0273. The average molecular weight is 541 g/mol. The second-order valence-corrected chi connectivity index (χ2v) is 12.2. The van der Waals surface area contributed by atoms with Gasteiger partial charge in [-0.05, 0) is 39.7 Å². The summed E-state index contributed by atoms with van der Waals surface area (Å²) < 4.78 is 54.6. The largest absolute Gasteiger partial charge is 0.361 e. The maximum atomic E-state index is 14.1. The molecule has 10 heteroatoms. The van der Waals surface area contributed by atoms with E-state index >= 15 is 0 Å². The van der Waals surface area contributed by atoms with Crippen LogP contribution in [-0.4, -0.2) is 51.1 Å². The molecule has 0 aliphatic rings. The van der Waals surface area contributed by atoms with Crippen molar-refractivity contribution in [2.45, 2.75) is 39.7 Å². The van der Waals surface area contributed by atoms with Gasteiger partial charge in [0.15, 0.2) is 11.4 Å². The van der Waals surface area contributed by atoms with E-state index in [1.165, 1.54) is 0 Å². The number of carbonyl (C=O) groups is 1. The first kappa shape index (κ1) is 30.6. The standard InChI is InChI=1S/C26H38O8P2/c1-5-31-35(28,32-6-2)21-19-26(24-17-13-10-14-18-24,25(27)23-15-11-9-12-16-23)30-20-22-36(29,33-7-3)34-8-4/h9-18H,5-8,19-22H2,1-4H3. The number of ether oxygens (including phenoxy) is 1. The molecule has 0 fully saturated rings. The van der Waals surface area contributed by atoms with Gasteiger partial charge in [-0.25, -0.2) is 0 Å². The fraction of sp³-hybridized carbons (Fsp3) is 0.500. The Morgan fingerprint density at radius 1 is 0.694 bits per heavy atom. The Hall–Kier alpha value is -1.63. The third-order valence-corrected chi connectivity index (χ3v) is 9.51. The fourth-order valence-corrected chi connectivity index (χ4v) is 7.03. The molecule has 0 radical (unpaired) electrons. The van der Waals surface area contributed by atoms with Gasteiger partial charge < -0.3 is 22.8 Å². The smallest absolute Gasteiger partial charge is 0.332 e. The topological polar surface area (TPSA) is 97.4 Å². The molecule has 0 amide bonds. The van der Waals surface area contributed by atoms with Gasteiger partial charge in [-0.15, -0.1) is 0 Å². The van der Waals surface area contributed by atoms with Gasteiger partial charge in [0.1, 0.15) is 0 Å². The second kappa shape index (κ2) is 14.9. The van der Waals surface area contributed by atoms with Crippen LogP contribution in [0.1, 0.15) is 50.0 Å². The Morgan fingerprint density at radius 3 is 1.61 bits per heavy atom. The molecule has 0 spiro atoms. The summed E-state index contributed by atoms with van der Waals surface area (Å²) in [5.41, 5.74) is -0.515. The molecule has 0 aromatic heterocycles. The molecular formula is C26H38O8P2. The van der Waals surface area contributed by atoms with Crippen molar-refractivity contribution in [1.29, 1.82) is 0 Å². The van der Waals surface area contributed by atoms with Crippen LogP contribution in [-0.2, 0) is 37.6 Å². The van der Waals surface area contributed by atoms with Gasteiger partial charge in [0, 0.05) is 5.56 Å². The summed E-state index contributed by atoms with van der Waals surface area (Å²) >= 11 is 0. The Balaban J connectivity index is 2.51. The highest BCUT2D eigenvalue weighted by Gasteiger charge is 2.44. The predicted molar refractivity (Wildman–Crippen MR) is 141 cm³/mol. The van der Waals surface area contributed by atoms with Gasteiger partial charge in [-0.3, -0.25) is 13.9 Å². The van der Waals surface area contributed by atoms with E-state index in [0.717, 1.165) is 0 Å². The zero-order valence-electron chi connectivity index (χ0n) is 21.6. The molecule has 0 saturated carbocycles. The van der Waals surface area contributed by atoms with E-state index < -0.39 is 20.8 Å². The van der Waals surface area contributed by atoms with E-state index in [1.807, 2.05) is 24.3 Å². The van der Waals surface area contributed by atoms with E-state index in [-0.39, 0.29) is 57.6 Å². The SMILES string of the molecule is CCOP(=O)(CCOC(CCP(=O)(OCC)OCC)(C(=O)c1ccccc1)c1ccccc1)OCC. The van der Waals surface area contributed by atoms with Gasteiger partial charge in [-0.2, -0.15) is 0 Å². The van der Waals surface area contributed by atoms with E-state index in [1.54, 1.807) is 64.1 Å². The normalized spacial score (nSPS) is 13.9. The van der Waals surface area contributed by atoms with Gasteiger partial charge in [-0.1, -0.05) is 60.7 Å². The van der Waals surface area contributed by atoms with E-state index in [9.17, 15) is 13.9 Å². The van der Waals surface area contributed by atoms with Gasteiger partial charge in [0.2, 0.25) is 0 Å². The van der Waals surface area contributed by atoms with Crippen molar-refractivity contribution in [2.24, 2.45) is 0 Å². The minimum Gasteiger partial charge on any atom is -0.361 e.